The number of nitrogens with one attached hydrogen (secondary N) is 1. The topological polar surface area (TPSA) is 64.6 Å². The normalized spacial score (nSPS) is 11.4. The molecule has 0 radical (unpaired) electrons. The summed E-state index contributed by atoms with van der Waals surface area (Å²) in [4.78, 5) is 25.0. The van der Waals surface area contributed by atoms with E-state index >= 15 is 0 Å². The molecule has 0 heterocycles. The van der Waals surface area contributed by atoms with Gasteiger partial charge in [-0.05, 0) is 48.9 Å². The fraction of sp³-hybridized carbons (Fsp3) is 0.130. The summed E-state index contributed by atoms with van der Waals surface area (Å²) in [6.07, 6.45) is -1.17. The van der Waals surface area contributed by atoms with E-state index in [1.165, 1.54) is 24.3 Å². The predicted octanol–water partition coefficient (Wildman–Crippen LogP) is 4.44. The first-order chi connectivity index (χ1) is 14.0. The summed E-state index contributed by atoms with van der Waals surface area (Å²) >= 11 is 0. The summed E-state index contributed by atoms with van der Waals surface area (Å²) in [5.41, 5.74) is 1.90. The smallest absolute Gasteiger partial charge is 0.345 e. The molecule has 1 N–H and O–H groups in total. The number of halogens is 1. The van der Waals surface area contributed by atoms with E-state index in [0.717, 1.165) is 5.56 Å². The predicted molar refractivity (Wildman–Crippen MR) is 107 cm³/mol. The quantitative estimate of drug-likeness (QED) is 0.603. The van der Waals surface area contributed by atoms with Crippen molar-refractivity contribution in [3.63, 3.8) is 0 Å². The van der Waals surface area contributed by atoms with Crippen LogP contribution in [0.15, 0.2) is 78.9 Å². The van der Waals surface area contributed by atoms with Crippen molar-refractivity contribution in [2.24, 2.45) is 0 Å². The summed E-state index contributed by atoms with van der Waals surface area (Å²) < 4.78 is 23.9. The van der Waals surface area contributed by atoms with Crippen molar-refractivity contribution in [1.29, 1.82) is 0 Å². The van der Waals surface area contributed by atoms with Crippen LogP contribution in [0.4, 0.5) is 10.1 Å². The fourth-order valence-electron chi connectivity index (χ4n) is 2.65. The molecule has 0 aliphatic heterocycles. The molecule has 3 rings (SSSR count). The minimum Gasteiger partial charge on any atom is -0.482 e. The highest BCUT2D eigenvalue weighted by Gasteiger charge is 2.25. The Bertz CT molecular complexity index is 974. The van der Waals surface area contributed by atoms with Crippen LogP contribution in [0.2, 0.25) is 0 Å². The minimum absolute atomic E-state index is 0.337. The van der Waals surface area contributed by atoms with Crippen LogP contribution in [0.3, 0.4) is 0 Å². The van der Waals surface area contributed by atoms with Crippen LogP contribution in [-0.4, -0.2) is 18.5 Å². The van der Waals surface area contributed by atoms with Gasteiger partial charge in [0, 0.05) is 11.3 Å². The summed E-state index contributed by atoms with van der Waals surface area (Å²) in [6, 6.07) is 21.2. The Morgan fingerprint density at radius 3 is 2.38 bits per heavy atom. The van der Waals surface area contributed by atoms with Crippen LogP contribution >= 0.6 is 0 Å². The van der Waals surface area contributed by atoms with Crippen molar-refractivity contribution in [1.82, 2.24) is 0 Å². The zero-order valence-corrected chi connectivity index (χ0v) is 15.8. The van der Waals surface area contributed by atoms with Crippen molar-refractivity contribution in [2.75, 3.05) is 11.9 Å². The van der Waals surface area contributed by atoms with Crippen LogP contribution in [0.5, 0.6) is 5.75 Å². The number of aryl methyl sites for hydroxylation is 1. The number of anilines is 1. The van der Waals surface area contributed by atoms with E-state index < -0.39 is 23.8 Å². The number of hydrogen-bond acceptors (Lipinski definition) is 4. The van der Waals surface area contributed by atoms with Gasteiger partial charge in [0.25, 0.3) is 5.91 Å². The van der Waals surface area contributed by atoms with Gasteiger partial charge in [-0.3, -0.25) is 4.79 Å². The van der Waals surface area contributed by atoms with Crippen molar-refractivity contribution < 1.29 is 23.5 Å². The maximum Gasteiger partial charge on any atom is 0.345 e. The third kappa shape index (κ3) is 5.90. The molecule has 3 aromatic rings. The largest absolute Gasteiger partial charge is 0.482 e. The molecule has 0 saturated carbocycles. The number of ether oxygens (including phenoxy) is 2. The molecule has 0 saturated heterocycles. The van der Waals surface area contributed by atoms with Gasteiger partial charge < -0.3 is 14.8 Å². The number of carbonyl (C=O) groups excluding carboxylic acids is 2. The van der Waals surface area contributed by atoms with Crippen molar-refractivity contribution in [2.45, 2.75) is 13.0 Å². The maximum absolute atomic E-state index is 13.1. The Morgan fingerprint density at radius 2 is 1.69 bits per heavy atom. The van der Waals surface area contributed by atoms with Crippen molar-refractivity contribution >= 4 is 17.6 Å². The lowest BCUT2D eigenvalue weighted by Crippen LogP contribution is -2.28. The lowest BCUT2D eigenvalue weighted by Gasteiger charge is -2.18. The number of rotatable bonds is 7. The summed E-state index contributed by atoms with van der Waals surface area (Å²) in [5.74, 6) is -1.11. The van der Waals surface area contributed by atoms with E-state index in [0.29, 0.717) is 17.0 Å². The molecular weight excluding hydrogens is 373 g/mol. The summed E-state index contributed by atoms with van der Waals surface area (Å²) in [6.45, 7) is 1.58. The van der Waals surface area contributed by atoms with E-state index in [1.807, 2.05) is 19.1 Å². The Balaban J connectivity index is 1.69. The second-order valence-electron chi connectivity index (χ2n) is 6.38. The van der Waals surface area contributed by atoms with Crippen LogP contribution in [0.25, 0.3) is 0 Å². The number of esters is 1. The highest BCUT2D eigenvalue weighted by atomic mass is 19.1. The maximum atomic E-state index is 13.1. The molecule has 29 heavy (non-hydrogen) atoms. The molecule has 0 aromatic heterocycles. The van der Waals surface area contributed by atoms with Crippen LogP contribution in [0, 0.1) is 12.7 Å². The van der Waals surface area contributed by atoms with E-state index in [-0.39, 0.29) is 6.61 Å². The second kappa shape index (κ2) is 9.50. The second-order valence-corrected chi connectivity index (χ2v) is 6.38. The number of amides is 1. The van der Waals surface area contributed by atoms with Crippen LogP contribution < -0.4 is 10.1 Å². The average molecular weight is 393 g/mol. The molecular formula is C23H20FNO4. The Labute approximate surface area is 168 Å². The third-order valence-electron chi connectivity index (χ3n) is 4.05. The molecule has 1 atom stereocenters. The highest BCUT2D eigenvalue weighted by Crippen LogP contribution is 2.21. The average Bonchev–Trinajstić information content (AvgIpc) is 2.73. The number of carbonyl (C=O) groups is 2. The van der Waals surface area contributed by atoms with E-state index in [2.05, 4.69) is 5.32 Å². The standard InChI is InChI=1S/C23H20FNO4/c1-16-6-5-9-20(14-16)28-15-21(26)29-22(17-7-3-2-4-8-17)23(27)25-19-12-10-18(24)11-13-19/h2-14,22H,15H2,1H3,(H,25,27)/t22-/m0/s1. The Morgan fingerprint density at radius 1 is 0.966 bits per heavy atom. The van der Waals surface area contributed by atoms with Gasteiger partial charge in [0.15, 0.2) is 6.61 Å². The zero-order chi connectivity index (χ0) is 20.6. The first-order valence-electron chi connectivity index (χ1n) is 9.01. The van der Waals surface area contributed by atoms with E-state index in [9.17, 15) is 14.0 Å². The van der Waals surface area contributed by atoms with Gasteiger partial charge in [0.2, 0.25) is 6.10 Å². The summed E-state index contributed by atoms with van der Waals surface area (Å²) in [5, 5.41) is 2.63. The molecule has 0 bridgehead atoms. The van der Waals surface area contributed by atoms with Gasteiger partial charge in [-0.25, -0.2) is 9.18 Å². The molecule has 6 heteroatoms. The first-order valence-corrected chi connectivity index (χ1v) is 9.01. The van der Waals surface area contributed by atoms with Gasteiger partial charge in [-0.15, -0.1) is 0 Å². The zero-order valence-electron chi connectivity index (χ0n) is 15.8. The van der Waals surface area contributed by atoms with Gasteiger partial charge in [0.05, 0.1) is 0 Å². The monoisotopic (exact) mass is 393 g/mol. The van der Waals surface area contributed by atoms with Crippen LogP contribution in [0.1, 0.15) is 17.2 Å². The van der Waals surface area contributed by atoms with Gasteiger partial charge in [-0.2, -0.15) is 0 Å². The van der Waals surface area contributed by atoms with Crippen molar-refractivity contribution in [3.05, 3.63) is 95.8 Å². The van der Waals surface area contributed by atoms with Gasteiger partial charge >= 0.3 is 5.97 Å². The minimum atomic E-state index is -1.17. The summed E-state index contributed by atoms with van der Waals surface area (Å²) in [7, 11) is 0. The SMILES string of the molecule is Cc1cccc(OCC(=O)O[C@H](C(=O)Nc2ccc(F)cc2)c2ccccc2)c1. The molecule has 0 aliphatic rings. The molecule has 0 aliphatic carbocycles. The fourth-order valence-corrected chi connectivity index (χ4v) is 2.65. The molecule has 1 amide bonds. The van der Waals surface area contributed by atoms with E-state index in [4.69, 9.17) is 9.47 Å². The first kappa shape index (κ1) is 20.1. The molecule has 0 fully saturated rings. The number of hydrogen-bond donors (Lipinski definition) is 1. The van der Waals surface area contributed by atoms with Gasteiger partial charge in [0.1, 0.15) is 11.6 Å². The Kier molecular flexibility index (Phi) is 6.58. The molecule has 0 spiro atoms. The lowest BCUT2D eigenvalue weighted by molar-refractivity contribution is -0.156. The molecule has 5 nitrogen and oxygen atoms in total. The Hall–Kier alpha value is -3.67. The van der Waals surface area contributed by atoms with Crippen LogP contribution in [-0.2, 0) is 14.3 Å². The molecule has 3 aromatic carbocycles. The highest BCUT2D eigenvalue weighted by molar-refractivity contribution is 5.96. The lowest BCUT2D eigenvalue weighted by atomic mass is 10.1. The number of benzene rings is 3. The third-order valence-corrected chi connectivity index (χ3v) is 4.05. The van der Waals surface area contributed by atoms with Crippen molar-refractivity contribution in [3.8, 4) is 5.75 Å². The molecule has 0 unspecified atom stereocenters. The van der Waals surface area contributed by atoms with Gasteiger partial charge in [-0.1, -0.05) is 42.5 Å². The van der Waals surface area contributed by atoms with E-state index in [1.54, 1.807) is 42.5 Å². The molecule has 148 valence electrons.